The van der Waals surface area contributed by atoms with E-state index in [0.29, 0.717) is 10.4 Å². The molecule has 0 saturated carbocycles. The van der Waals surface area contributed by atoms with Crippen LogP contribution in [0, 0.1) is 68.9 Å². The van der Waals surface area contributed by atoms with Gasteiger partial charge in [0.05, 0.1) is 24.1 Å². The van der Waals surface area contributed by atoms with Gasteiger partial charge in [0.15, 0.2) is 5.41 Å². The molecule has 2 aliphatic rings. The summed E-state index contributed by atoms with van der Waals surface area (Å²) in [5, 5.41) is 40.8. The number of halogens is 1. The molecule has 144 valence electrons. The molecule has 6 nitrogen and oxygen atoms in total. The lowest BCUT2D eigenvalue weighted by molar-refractivity contribution is -0.288. The number of fused-ring (bicyclic) bond motifs is 2. The summed E-state index contributed by atoms with van der Waals surface area (Å²) in [5.74, 6) is -3.41. The molecule has 0 amide bonds. The second kappa shape index (κ2) is 6.12. The molecule has 2 saturated heterocycles. The maximum absolute atomic E-state index is 13.5. The number of aryl methyl sites for hydroxylation is 1. The molecular formula is C21H15FN4O2S. The van der Waals surface area contributed by atoms with Crippen molar-refractivity contribution >= 4 is 17.2 Å². The van der Waals surface area contributed by atoms with E-state index in [4.69, 9.17) is 14.9 Å². The summed E-state index contributed by atoms with van der Waals surface area (Å²) < 4.78 is 25.7. The molecule has 4 rings (SSSR count). The third-order valence-corrected chi connectivity index (χ3v) is 7.12. The lowest BCUT2D eigenvalue weighted by Crippen LogP contribution is -2.57. The number of hydrogen-bond donors (Lipinski definition) is 1. The molecule has 2 aliphatic heterocycles. The van der Waals surface area contributed by atoms with Gasteiger partial charge in [-0.3, -0.25) is 5.41 Å². The average molecular weight is 406 g/mol. The van der Waals surface area contributed by atoms with Crippen molar-refractivity contribution in [3.8, 4) is 18.2 Å². The number of thiophene rings is 1. The molecule has 8 heteroatoms. The van der Waals surface area contributed by atoms with Gasteiger partial charge in [-0.15, -0.1) is 11.3 Å². The highest BCUT2D eigenvalue weighted by Gasteiger charge is 2.80. The Morgan fingerprint density at radius 2 is 1.76 bits per heavy atom. The normalized spacial score (nSPS) is 31.9. The van der Waals surface area contributed by atoms with E-state index in [1.54, 1.807) is 6.92 Å². The van der Waals surface area contributed by atoms with Gasteiger partial charge in [-0.25, -0.2) is 4.39 Å². The van der Waals surface area contributed by atoms with Crippen molar-refractivity contribution in [2.45, 2.75) is 25.7 Å². The Balaban J connectivity index is 2.05. The maximum atomic E-state index is 13.5. The van der Waals surface area contributed by atoms with Crippen LogP contribution in [0.3, 0.4) is 0 Å². The summed E-state index contributed by atoms with van der Waals surface area (Å²) in [6.45, 7) is 3.44. The zero-order valence-electron chi connectivity index (χ0n) is 15.6. The minimum Gasteiger partial charge on any atom is -0.443 e. The summed E-state index contributed by atoms with van der Waals surface area (Å²) in [7, 11) is 0. The number of ether oxygens (including phenoxy) is 2. The Bertz CT molecular complexity index is 1130. The summed E-state index contributed by atoms with van der Waals surface area (Å²) in [6.07, 6.45) is -1.12. The molecule has 29 heavy (non-hydrogen) atoms. The van der Waals surface area contributed by atoms with Crippen molar-refractivity contribution in [3.05, 3.63) is 57.5 Å². The molecule has 1 N–H and O–H groups in total. The van der Waals surface area contributed by atoms with Crippen molar-refractivity contribution < 1.29 is 13.9 Å². The second-order valence-corrected chi connectivity index (χ2v) is 8.19. The molecule has 0 aliphatic carbocycles. The predicted octanol–water partition coefficient (Wildman–Crippen LogP) is 4.31. The van der Waals surface area contributed by atoms with Gasteiger partial charge in [-0.05, 0) is 48.2 Å². The monoisotopic (exact) mass is 406 g/mol. The van der Waals surface area contributed by atoms with Crippen molar-refractivity contribution in [3.63, 3.8) is 0 Å². The van der Waals surface area contributed by atoms with Gasteiger partial charge in [-0.2, -0.15) is 15.8 Å². The van der Waals surface area contributed by atoms with Crippen LogP contribution in [0.4, 0.5) is 4.39 Å². The van der Waals surface area contributed by atoms with Crippen LogP contribution in [0.1, 0.15) is 29.0 Å². The van der Waals surface area contributed by atoms with Crippen molar-refractivity contribution in [2.24, 2.45) is 16.7 Å². The van der Waals surface area contributed by atoms with Gasteiger partial charge in [0.2, 0.25) is 17.1 Å². The Morgan fingerprint density at radius 3 is 2.28 bits per heavy atom. The maximum Gasteiger partial charge on any atom is 0.244 e. The van der Waals surface area contributed by atoms with Gasteiger partial charge in [0.1, 0.15) is 11.9 Å². The summed E-state index contributed by atoms with van der Waals surface area (Å²) >= 11 is 1.31. The fraction of sp³-hybridized carbons (Fsp3) is 0.333. The van der Waals surface area contributed by atoms with E-state index >= 15 is 0 Å². The van der Waals surface area contributed by atoms with Crippen molar-refractivity contribution in [1.29, 1.82) is 21.2 Å². The number of nitriles is 3. The first-order valence-corrected chi connectivity index (χ1v) is 9.70. The van der Waals surface area contributed by atoms with Crippen molar-refractivity contribution in [2.75, 3.05) is 0 Å². The first kappa shape index (κ1) is 19.1. The fourth-order valence-corrected chi connectivity index (χ4v) is 5.46. The van der Waals surface area contributed by atoms with Crippen LogP contribution in [0.15, 0.2) is 35.7 Å². The van der Waals surface area contributed by atoms with Gasteiger partial charge < -0.3 is 9.47 Å². The van der Waals surface area contributed by atoms with Gasteiger partial charge in [0.25, 0.3) is 0 Å². The van der Waals surface area contributed by atoms with E-state index in [2.05, 4.69) is 6.07 Å². The standard InChI is InChI=1S/C21H15FN4O2S/c1-12-7-8-29-16(12)17-19(9-23,10-24)20(11-25)13(2)21(27-17,28-18(20)26)14-3-5-15(22)6-4-14/h3-8,13,17,26H,1-2H3. The molecule has 2 aromatic rings. The highest BCUT2D eigenvalue weighted by molar-refractivity contribution is 7.10. The molecule has 0 radical (unpaired) electrons. The molecule has 4 unspecified atom stereocenters. The van der Waals surface area contributed by atoms with Crippen LogP contribution >= 0.6 is 11.3 Å². The summed E-state index contributed by atoms with van der Waals surface area (Å²) in [5.41, 5.74) is -2.63. The molecule has 3 heterocycles. The van der Waals surface area contributed by atoms with E-state index < -0.39 is 40.4 Å². The fourth-order valence-electron chi connectivity index (χ4n) is 4.44. The number of rotatable bonds is 2. The molecular weight excluding hydrogens is 391 g/mol. The average Bonchev–Trinajstić information content (AvgIpc) is 3.20. The number of benzene rings is 1. The second-order valence-electron chi connectivity index (χ2n) is 7.24. The van der Waals surface area contributed by atoms with E-state index in [0.717, 1.165) is 5.56 Å². The highest BCUT2D eigenvalue weighted by atomic mass is 32.1. The van der Waals surface area contributed by atoms with E-state index in [-0.39, 0.29) is 0 Å². The van der Waals surface area contributed by atoms with Gasteiger partial charge in [0, 0.05) is 10.4 Å². The highest BCUT2D eigenvalue weighted by Crippen LogP contribution is 2.69. The smallest absolute Gasteiger partial charge is 0.244 e. The van der Waals surface area contributed by atoms with Crippen LogP contribution in [-0.2, 0) is 15.3 Å². The topological polar surface area (TPSA) is 114 Å². The molecule has 2 fully saturated rings. The zero-order chi connectivity index (χ0) is 21.0. The van der Waals surface area contributed by atoms with Crippen LogP contribution < -0.4 is 0 Å². The Kier molecular flexibility index (Phi) is 4.03. The largest absolute Gasteiger partial charge is 0.443 e. The van der Waals surface area contributed by atoms with Crippen LogP contribution in [-0.4, -0.2) is 5.90 Å². The van der Waals surface area contributed by atoms with Gasteiger partial charge in [-0.1, -0.05) is 6.92 Å². The molecule has 1 aromatic heterocycles. The minimum absolute atomic E-state index is 0.414. The Hall–Kier alpha value is -3.25. The van der Waals surface area contributed by atoms with Gasteiger partial charge >= 0.3 is 0 Å². The SMILES string of the molecule is Cc1ccsc1C1OC2(c3ccc(F)cc3)OC(=N)C(C#N)(C2C)C1(C#N)C#N. The molecule has 4 atom stereocenters. The number of nitrogens with one attached hydrogen (secondary N) is 1. The lowest BCUT2D eigenvalue weighted by atomic mass is 9.54. The van der Waals surface area contributed by atoms with E-state index in [1.165, 1.54) is 35.6 Å². The minimum atomic E-state index is -1.99. The molecule has 0 spiro atoms. The van der Waals surface area contributed by atoms with Crippen LogP contribution in [0.5, 0.6) is 0 Å². The Morgan fingerprint density at radius 1 is 1.10 bits per heavy atom. The molecule has 2 bridgehead atoms. The molecule has 1 aromatic carbocycles. The number of nitrogens with zero attached hydrogens (tertiary/aromatic N) is 3. The first-order chi connectivity index (χ1) is 13.8. The van der Waals surface area contributed by atoms with E-state index in [1.807, 2.05) is 30.5 Å². The van der Waals surface area contributed by atoms with Crippen LogP contribution in [0.2, 0.25) is 0 Å². The Labute approximate surface area is 170 Å². The predicted molar refractivity (Wildman–Crippen MR) is 101 cm³/mol. The van der Waals surface area contributed by atoms with E-state index in [9.17, 15) is 20.2 Å². The van der Waals surface area contributed by atoms with Crippen molar-refractivity contribution in [1.82, 2.24) is 0 Å². The summed E-state index contributed by atoms with van der Waals surface area (Å²) in [6, 6.07) is 13.3. The quantitative estimate of drug-likeness (QED) is 0.798. The lowest BCUT2D eigenvalue weighted by Gasteiger charge is -2.48. The van der Waals surface area contributed by atoms with Crippen LogP contribution in [0.25, 0.3) is 0 Å². The summed E-state index contributed by atoms with van der Waals surface area (Å²) in [4.78, 5) is 0.615. The third kappa shape index (κ3) is 2.07. The first-order valence-electron chi connectivity index (χ1n) is 8.82. The zero-order valence-corrected chi connectivity index (χ0v) is 16.4. The third-order valence-electron chi connectivity index (χ3n) is 6.06. The number of hydrogen-bond acceptors (Lipinski definition) is 7.